The minimum Gasteiger partial charge on any atom is -0.444 e. The van der Waals surface area contributed by atoms with Gasteiger partial charge in [0, 0.05) is 24.7 Å². The Balaban J connectivity index is 1.87. The third-order valence-electron chi connectivity index (χ3n) is 4.01. The molecule has 1 unspecified atom stereocenters. The van der Waals surface area contributed by atoms with Gasteiger partial charge in [-0.05, 0) is 57.2 Å². The maximum absolute atomic E-state index is 12.3. The zero-order chi connectivity index (χ0) is 19.4. The first kappa shape index (κ1) is 21.0. The molecule has 8 heteroatoms. The highest BCUT2D eigenvalue weighted by atomic mass is 35.5. The van der Waals surface area contributed by atoms with Crippen molar-refractivity contribution in [3.63, 3.8) is 0 Å². The summed E-state index contributed by atoms with van der Waals surface area (Å²) in [7, 11) is -3.46. The molecule has 1 amide bonds. The lowest BCUT2D eigenvalue weighted by atomic mass is 9.99. The van der Waals surface area contributed by atoms with E-state index < -0.39 is 15.6 Å². The predicted octanol–water partition coefficient (Wildman–Crippen LogP) is 3.41. The minimum absolute atomic E-state index is 0.0744. The van der Waals surface area contributed by atoms with Crippen LogP contribution < -0.4 is 4.72 Å². The fraction of sp³-hybridized carbons (Fsp3) is 0.611. The fourth-order valence-electron chi connectivity index (χ4n) is 2.87. The number of nitrogens with one attached hydrogen (secondary N) is 1. The predicted molar refractivity (Wildman–Crippen MR) is 103 cm³/mol. The second-order valence-electron chi connectivity index (χ2n) is 7.67. The number of sulfonamides is 1. The van der Waals surface area contributed by atoms with Gasteiger partial charge in [0.25, 0.3) is 0 Å². The number of halogens is 1. The van der Waals surface area contributed by atoms with Crippen LogP contribution in [-0.4, -0.2) is 44.6 Å². The van der Waals surface area contributed by atoms with Crippen molar-refractivity contribution in [3.8, 4) is 0 Å². The van der Waals surface area contributed by atoms with Crippen LogP contribution in [0.5, 0.6) is 0 Å². The highest BCUT2D eigenvalue weighted by Gasteiger charge is 2.28. The van der Waals surface area contributed by atoms with E-state index in [0.717, 1.165) is 12.8 Å². The van der Waals surface area contributed by atoms with Crippen molar-refractivity contribution in [2.24, 2.45) is 5.92 Å². The highest BCUT2D eigenvalue weighted by Crippen LogP contribution is 2.19. The Hall–Kier alpha value is -1.31. The van der Waals surface area contributed by atoms with Crippen LogP contribution in [0.2, 0.25) is 5.02 Å². The molecule has 1 saturated heterocycles. The summed E-state index contributed by atoms with van der Waals surface area (Å²) in [5, 5.41) is 0.512. The number of hydrogen-bond acceptors (Lipinski definition) is 4. The third kappa shape index (κ3) is 7.13. The summed E-state index contributed by atoms with van der Waals surface area (Å²) in [6.07, 6.45) is 1.36. The molecule has 1 aliphatic rings. The number of benzene rings is 1. The number of nitrogens with zero attached hydrogens (tertiary/aromatic N) is 1. The van der Waals surface area contributed by atoms with Crippen molar-refractivity contribution in [2.45, 2.75) is 45.0 Å². The van der Waals surface area contributed by atoms with Gasteiger partial charge in [0.05, 0.1) is 5.75 Å². The molecule has 0 radical (unpaired) electrons. The van der Waals surface area contributed by atoms with E-state index in [2.05, 4.69) is 4.72 Å². The quantitative estimate of drug-likeness (QED) is 0.818. The maximum atomic E-state index is 12.3. The molecular formula is C18H27ClN2O4S. The van der Waals surface area contributed by atoms with Gasteiger partial charge in [-0.3, -0.25) is 0 Å². The van der Waals surface area contributed by atoms with E-state index in [4.69, 9.17) is 16.3 Å². The van der Waals surface area contributed by atoms with Gasteiger partial charge in [-0.2, -0.15) is 0 Å². The summed E-state index contributed by atoms with van der Waals surface area (Å²) in [5.74, 6) is -0.0406. The Kier molecular flexibility index (Phi) is 6.93. The molecule has 0 bridgehead atoms. The van der Waals surface area contributed by atoms with Crippen LogP contribution in [0, 0.1) is 5.92 Å². The van der Waals surface area contributed by atoms with E-state index in [1.54, 1.807) is 29.2 Å². The number of likely N-dealkylation sites (tertiary alicyclic amines) is 1. The van der Waals surface area contributed by atoms with Crippen LogP contribution >= 0.6 is 11.6 Å². The number of ether oxygens (including phenoxy) is 1. The molecule has 2 rings (SSSR count). The maximum Gasteiger partial charge on any atom is 0.410 e. The number of rotatable bonds is 5. The van der Waals surface area contributed by atoms with Gasteiger partial charge in [0.2, 0.25) is 10.0 Å². The topological polar surface area (TPSA) is 75.7 Å². The molecule has 1 heterocycles. The van der Waals surface area contributed by atoms with Crippen molar-refractivity contribution >= 4 is 27.7 Å². The molecular weight excluding hydrogens is 376 g/mol. The average molecular weight is 403 g/mol. The zero-order valence-corrected chi connectivity index (χ0v) is 17.1. The number of carbonyl (C=O) groups is 1. The minimum atomic E-state index is -3.46. The summed E-state index contributed by atoms with van der Waals surface area (Å²) in [4.78, 5) is 13.8. The van der Waals surface area contributed by atoms with Gasteiger partial charge in [-0.25, -0.2) is 17.9 Å². The third-order valence-corrected chi connectivity index (χ3v) is 5.56. The SMILES string of the molecule is CC(C)(C)OC(=O)N1CCCC(CNS(=O)(=O)Cc2cccc(Cl)c2)C1. The van der Waals surface area contributed by atoms with Gasteiger partial charge in [0.15, 0.2) is 0 Å². The van der Waals surface area contributed by atoms with E-state index in [1.165, 1.54) is 0 Å². The number of hydrogen-bond donors (Lipinski definition) is 1. The first-order valence-corrected chi connectivity index (χ1v) is 10.8. The van der Waals surface area contributed by atoms with E-state index in [9.17, 15) is 13.2 Å². The number of amides is 1. The molecule has 1 aromatic carbocycles. The lowest BCUT2D eigenvalue weighted by molar-refractivity contribution is 0.0169. The van der Waals surface area contributed by atoms with Crippen molar-refractivity contribution in [1.82, 2.24) is 9.62 Å². The van der Waals surface area contributed by atoms with Gasteiger partial charge in [-0.15, -0.1) is 0 Å². The molecule has 0 aromatic heterocycles. The lowest BCUT2D eigenvalue weighted by Gasteiger charge is -2.34. The summed E-state index contributed by atoms with van der Waals surface area (Å²) in [5.41, 5.74) is 0.104. The molecule has 0 spiro atoms. The number of carbonyl (C=O) groups excluding carboxylic acids is 1. The largest absolute Gasteiger partial charge is 0.444 e. The molecule has 1 N–H and O–H groups in total. The summed E-state index contributed by atoms with van der Waals surface area (Å²) < 4.78 is 32.6. The Morgan fingerprint density at radius 3 is 2.77 bits per heavy atom. The molecule has 0 aliphatic carbocycles. The van der Waals surface area contributed by atoms with Crippen LogP contribution in [0.25, 0.3) is 0 Å². The van der Waals surface area contributed by atoms with E-state index in [0.29, 0.717) is 30.2 Å². The number of piperidine rings is 1. The highest BCUT2D eigenvalue weighted by molar-refractivity contribution is 7.88. The summed E-state index contributed by atoms with van der Waals surface area (Å²) >= 11 is 5.90. The van der Waals surface area contributed by atoms with E-state index in [-0.39, 0.29) is 17.8 Å². The first-order valence-electron chi connectivity index (χ1n) is 8.74. The lowest BCUT2D eigenvalue weighted by Crippen LogP contribution is -2.45. The smallest absolute Gasteiger partial charge is 0.410 e. The van der Waals surface area contributed by atoms with Crippen LogP contribution in [0.3, 0.4) is 0 Å². The summed E-state index contributed by atoms with van der Waals surface area (Å²) in [6.45, 7) is 6.93. The van der Waals surface area contributed by atoms with Gasteiger partial charge in [-0.1, -0.05) is 23.7 Å². The van der Waals surface area contributed by atoms with Crippen LogP contribution in [0.1, 0.15) is 39.2 Å². The standard InChI is InChI=1S/C18H27ClN2O4S/c1-18(2,3)25-17(22)21-9-5-7-15(12-21)11-20-26(23,24)13-14-6-4-8-16(19)10-14/h4,6,8,10,15,20H,5,7,9,11-13H2,1-3H3. The molecule has 146 valence electrons. The van der Waals surface area contributed by atoms with E-state index >= 15 is 0 Å². The Morgan fingerprint density at radius 1 is 1.38 bits per heavy atom. The Labute approximate surface area is 160 Å². The second-order valence-corrected chi connectivity index (χ2v) is 9.92. The zero-order valence-electron chi connectivity index (χ0n) is 15.5. The van der Waals surface area contributed by atoms with Gasteiger partial charge in [0.1, 0.15) is 5.60 Å². The van der Waals surface area contributed by atoms with Gasteiger partial charge < -0.3 is 9.64 Å². The molecule has 6 nitrogen and oxygen atoms in total. The molecule has 1 aromatic rings. The Bertz CT molecular complexity index is 731. The monoisotopic (exact) mass is 402 g/mol. The average Bonchev–Trinajstić information content (AvgIpc) is 2.51. The van der Waals surface area contributed by atoms with E-state index in [1.807, 2.05) is 20.8 Å². The van der Waals surface area contributed by atoms with Crippen molar-refractivity contribution in [3.05, 3.63) is 34.9 Å². The van der Waals surface area contributed by atoms with Crippen LogP contribution in [0.15, 0.2) is 24.3 Å². The second kappa shape index (κ2) is 8.59. The Morgan fingerprint density at radius 2 is 2.12 bits per heavy atom. The van der Waals surface area contributed by atoms with Crippen molar-refractivity contribution in [1.29, 1.82) is 0 Å². The van der Waals surface area contributed by atoms with Crippen LogP contribution in [0.4, 0.5) is 4.79 Å². The van der Waals surface area contributed by atoms with Gasteiger partial charge >= 0.3 is 6.09 Å². The van der Waals surface area contributed by atoms with Crippen molar-refractivity contribution < 1.29 is 17.9 Å². The molecule has 0 saturated carbocycles. The molecule has 26 heavy (non-hydrogen) atoms. The summed E-state index contributed by atoms with van der Waals surface area (Å²) in [6, 6.07) is 6.81. The molecule has 1 fully saturated rings. The van der Waals surface area contributed by atoms with Crippen LogP contribution in [-0.2, 0) is 20.5 Å². The normalized spacial score (nSPS) is 18.6. The molecule has 1 atom stereocenters. The molecule has 1 aliphatic heterocycles. The fourth-order valence-corrected chi connectivity index (χ4v) is 4.29. The van der Waals surface area contributed by atoms with Crippen molar-refractivity contribution in [2.75, 3.05) is 19.6 Å². The first-order chi connectivity index (χ1) is 12.0.